The molecule has 8 nitrogen and oxygen atoms in total. The summed E-state index contributed by atoms with van der Waals surface area (Å²) in [7, 11) is 0. The number of amides is 1. The second-order valence-electron chi connectivity index (χ2n) is 6.85. The standard InChI is InChI=1S/C23H25N5O3S/c1-3-5-15-31-22(30)18-6-8-19(9-7-18)25-20(29)16-32-23-27-26-21(28(23)14-4-2)17-10-12-24-13-11-17/h4,6-13H,2-3,5,14-16H2,1H3,(H,25,29). The molecule has 0 aliphatic heterocycles. The average molecular weight is 452 g/mol. The highest BCUT2D eigenvalue weighted by Gasteiger charge is 2.15. The van der Waals surface area contributed by atoms with Gasteiger partial charge in [0, 0.05) is 30.2 Å². The van der Waals surface area contributed by atoms with Crippen molar-refractivity contribution in [1.82, 2.24) is 19.7 Å². The molecule has 9 heteroatoms. The highest BCUT2D eigenvalue weighted by atomic mass is 32.2. The summed E-state index contributed by atoms with van der Waals surface area (Å²) in [5, 5.41) is 11.9. The van der Waals surface area contributed by atoms with Crippen LogP contribution in [0.2, 0.25) is 0 Å². The van der Waals surface area contributed by atoms with E-state index in [1.165, 1.54) is 11.8 Å². The molecule has 0 radical (unpaired) electrons. The van der Waals surface area contributed by atoms with Crippen molar-refractivity contribution >= 4 is 29.3 Å². The molecule has 0 unspecified atom stereocenters. The molecule has 0 bridgehead atoms. The minimum absolute atomic E-state index is 0.159. The van der Waals surface area contributed by atoms with Crippen LogP contribution in [0, 0.1) is 0 Å². The summed E-state index contributed by atoms with van der Waals surface area (Å²) in [5.41, 5.74) is 1.94. The van der Waals surface area contributed by atoms with Crippen molar-refractivity contribution in [2.45, 2.75) is 31.5 Å². The number of unbranched alkanes of at least 4 members (excludes halogenated alkanes) is 1. The van der Waals surface area contributed by atoms with Gasteiger partial charge in [-0.1, -0.05) is 31.2 Å². The van der Waals surface area contributed by atoms with Crippen molar-refractivity contribution in [2.24, 2.45) is 0 Å². The van der Waals surface area contributed by atoms with E-state index in [0.717, 1.165) is 18.4 Å². The topological polar surface area (TPSA) is 99.0 Å². The van der Waals surface area contributed by atoms with Crippen molar-refractivity contribution in [2.75, 3.05) is 17.7 Å². The Morgan fingerprint density at radius 3 is 2.59 bits per heavy atom. The van der Waals surface area contributed by atoms with Gasteiger partial charge in [0.15, 0.2) is 11.0 Å². The summed E-state index contributed by atoms with van der Waals surface area (Å²) in [6, 6.07) is 10.3. The van der Waals surface area contributed by atoms with E-state index in [9.17, 15) is 9.59 Å². The number of hydrogen-bond donors (Lipinski definition) is 1. The Bertz CT molecular complexity index is 1050. The largest absolute Gasteiger partial charge is 0.462 e. The zero-order chi connectivity index (χ0) is 22.8. The fourth-order valence-corrected chi connectivity index (χ4v) is 3.56. The maximum absolute atomic E-state index is 12.4. The highest BCUT2D eigenvalue weighted by Crippen LogP contribution is 2.24. The van der Waals surface area contributed by atoms with Crippen LogP contribution in [0.1, 0.15) is 30.1 Å². The van der Waals surface area contributed by atoms with Crippen molar-refractivity contribution in [1.29, 1.82) is 0 Å². The lowest BCUT2D eigenvalue weighted by Gasteiger charge is -2.09. The summed E-state index contributed by atoms with van der Waals surface area (Å²) in [5.74, 6) is 0.300. The van der Waals surface area contributed by atoms with E-state index in [2.05, 4.69) is 27.1 Å². The summed E-state index contributed by atoms with van der Waals surface area (Å²) < 4.78 is 7.09. The predicted octanol–water partition coefficient (Wildman–Crippen LogP) is 4.21. The predicted molar refractivity (Wildman–Crippen MR) is 124 cm³/mol. The summed E-state index contributed by atoms with van der Waals surface area (Å²) >= 11 is 1.29. The van der Waals surface area contributed by atoms with Crippen LogP contribution in [0.25, 0.3) is 11.4 Å². The van der Waals surface area contributed by atoms with Crippen molar-refractivity contribution < 1.29 is 14.3 Å². The van der Waals surface area contributed by atoms with Crippen molar-refractivity contribution in [3.05, 3.63) is 67.0 Å². The number of rotatable bonds is 11. The quantitative estimate of drug-likeness (QED) is 0.202. The molecular formula is C23H25N5O3S. The van der Waals surface area contributed by atoms with E-state index in [-0.39, 0.29) is 17.6 Å². The van der Waals surface area contributed by atoms with Crippen LogP contribution in [0.5, 0.6) is 0 Å². The van der Waals surface area contributed by atoms with Gasteiger partial charge in [0.1, 0.15) is 0 Å². The SMILES string of the molecule is C=CCn1c(SCC(=O)Nc2ccc(C(=O)OCCCC)cc2)nnc1-c1ccncc1. The molecule has 0 aliphatic rings. The lowest BCUT2D eigenvalue weighted by Crippen LogP contribution is -2.15. The monoisotopic (exact) mass is 451 g/mol. The molecule has 0 saturated heterocycles. The number of ether oxygens (including phenoxy) is 1. The molecule has 1 N–H and O–H groups in total. The lowest BCUT2D eigenvalue weighted by atomic mass is 10.2. The minimum atomic E-state index is -0.363. The maximum atomic E-state index is 12.4. The number of carbonyl (C=O) groups is 2. The van der Waals surface area contributed by atoms with E-state index >= 15 is 0 Å². The van der Waals surface area contributed by atoms with Crippen LogP contribution in [0.4, 0.5) is 5.69 Å². The Labute approximate surface area is 191 Å². The first kappa shape index (κ1) is 23.2. The van der Waals surface area contributed by atoms with Gasteiger partial charge in [-0.3, -0.25) is 14.3 Å². The van der Waals surface area contributed by atoms with Gasteiger partial charge in [-0.25, -0.2) is 4.79 Å². The maximum Gasteiger partial charge on any atom is 0.338 e. The number of esters is 1. The molecule has 2 heterocycles. The summed E-state index contributed by atoms with van der Waals surface area (Å²) in [6.45, 7) is 6.75. The number of nitrogens with zero attached hydrogens (tertiary/aromatic N) is 4. The first-order valence-corrected chi connectivity index (χ1v) is 11.2. The van der Waals surface area contributed by atoms with E-state index in [1.807, 2.05) is 23.6 Å². The molecule has 3 rings (SSSR count). The number of pyridine rings is 1. The number of allylic oxidation sites excluding steroid dienone is 1. The van der Waals surface area contributed by atoms with Crippen molar-refractivity contribution in [3.63, 3.8) is 0 Å². The fraction of sp³-hybridized carbons (Fsp3) is 0.261. The molecule has 1 amide bonds. The van der Waals surface area contributed by atoms with Gasteiger partial charge in [-0.2, -0.15) is 0 Å². The van der Waals surface area contributed by atoms with E-state index in [0.29, 0.717) is 35.4 Å². The third-order valence-corrected chi connectivity index (χ3v) is 5.40. The number of aromatic nitrogens is 4. The molecule has 0 fully saturated rings. The first-order chi connectivity index (χ1) is 15.6. The third kappa shape index (κ3) is 6.27. The molecule has 0 saturated carbocycles. The van der Waals surface area contributed by atoms with E-state index < -0.39 is 0 Å². The third-order valence-electron chi connectivity index (χ3n) is 4.43. The van der Waals surface area contributed by atoms with Gasteiger partial charge in [0.2, 0.25) is 5.91 Å². The molecule has 0 atom stereocenters. The summed E-state index contributed by atoms with van der Waals surface area (Å²) in [6.07, 6.45) is 6.94. The first-order valence-electron chi connectivity index (χ1n) is 10.3. The Hall–Kier alpha value is -3.46. The van der Waals surface area contributed by atoms with E-state index in [4.69, 9.17) is 4.74 Å². The molecule has 0 spiro atoms. The minimum Gasteiger partial charge on any atom is -0.462 e. The molecule has 166 valence electrons. The van der Waals surface area contributed by atoms with Crippen LogP contribution in [0.15, 0.2) is 66.6 Å². The molecule has 1 aromatic carbocycles. The van der Waals surface area contributed by atoms with Gasteiger partial charge >= 0.3 is 5.97 Å². The second-order valence-corrected chi connectivity index (χ2v) is 7.79. The molecule has 3 aromatic rings. The van der Waals surface area contributed by atoms with E-state index in [1.54, 1.807) is 42.7 Å². The van der Waals surface area contributed by atoms with Gasteiger partial charge in [-0.05, 0) is 42.8 Å². The zero-order valence-corrected chi connectivity index (χ0v) is 18.7. The van der Waals surface area contributed by atoms with Gasteiger partial charge in [-0.15, -0.1) is 16.8 Å². The van der Waals surface area contributed by atoms with Crippen molar-refractivity contribution in [3.8, 4) is 11.4 Å². The smallest absolute Gasteiger partial charge is 0.338 e. The molecule has 32 heavy (non-hydrogen) atoms. The van der Waals surface area contributed by atoms with Crippen LogP contribution in [-0.4, -0.2) is 44.0 Å². The number of anilines is 1. The molecule has 2 aromatic heterocycles. The Kier molecular flexibility index (Phi) is 8.56. The Balaban J connectivity index is 1.57. The van der Waals surface area contributed by atoms with Crippen LogP contribution in [-0.2, 0) is 16.1 Å². The van der Waals surface area contributed by atoms with Gasteiger partial charge in [0.05, 0.1) is 17.9 Å². The normalized spacial score (nSPS) is 10.5. The molecular weight excluding hydrogens is 426 g/mol. The fourth-order valence-electron chi connectivity index (χ4n) is 2.81. The summed E-state index contributed by atoms with van der Waals surface area (Å²) in [4.78, 5) is 28.4. The van der Waals surface area contributed by atoms with Gasteiger partial charge < -0.3 is 10.1 Å². The zero-order valence-electron chi connectivity index (χ0n) is 17.9. The highest BCUT2D eigenvalue weighted by molar-refractivity contribution is 7.99. The van der Waals surface area contributed by atoms with Crippen LogP contribution < -0.4 is 5.32 Å². The number of hydrogen-bond acceptors (Lipinski definition) is 7. The number of thioether (sulfide) groups is 1. The van der Waals surface area contributed by atoms with Crippen LogP contribution in [0.3, 0.4) is 0 Å². The number of carbonyl (C=O) groups excluding carboxylic acids is 2. The molecule has 0 aliphatic carbocycles. The second kappa shape index (κ2) is 11.8. The Morgan fingerprint density at radius 1 is 1.16 bits per heavy atom. The average Bonchev–Trinajstić information content (AvgIpc) is 3.21. The number of nitrogens with one attached hydrogen (secondary N) is 1. The van der Waals surface area contributed by atoms with Crippen LogP contribution >= 0.6 is 11.8 Å². The Morgan fingerprint density at radius 2 is 1.91 bits per heavy atom. The number of benzene rings is 1. The van der Waals surface area contributed by atoms with Gasteiger partial charge in [0.25, 0.3) is 0 Å². The lowest BCUT2D eigenvalue weighted by molar-refractivity contribution is -0.113.